The van der Waals surface area contributed by atoms with E-state index in [-0.39, 0.29) is 11.4 Å². The van der Waals surface area contributed by atoms with Crippen molar-refractivity contribution < 1.29 is 18.0 Å². The van der Waals surface area contributed by atoms with Crippen LogP contribution in [0.2, 0.25) is 0 Å². The predicted octanol–water partition coefficient (Wildman–Crippen LogP) is 3.60. The first kappa shape index (κ1) is 13.4. The summed E-state index contributed by atoms with van der Waals surface area (Å²) in [5, 5.41) is 5.46. The molecule has 0 unspecified atom stereocenters. The van der Waals surface area contributed by atoms with Crippen LogP contribution in [0, 0.1) is 0 Å². The highest BCUT2D eigenvalue weighted by Crippen LogP contribution is 2.36. The summed E-state index contributed by atoms with van der Waals surface area (Å²) in [6.45, 7) is 0. The zero-order chi connectivity index (χ0) is 14.0. The lowest BCUT2D eigenvalue weighted by Gasteiger charge is -2.14. The number of hydrogen-bond acceptors (Lipinski definition) is 3. The quantitative estimate of drug-likeness (QED) is 0.829. The second-order valence-corrected chi connectivity index (χ2v) is 4.55. The first-order valence-corrected chi connectivity index (χ1v) is 6.12. The number of nitrogens with two attached hydrogens (primary N) is 1. The minimum absolute atomic E-state index is 0.0131. The van der Waals surface area contributed by atoms with Crippen LogP contribution in [-0.4, -0.2) is 5.91 Å². The third kappa shape index (κ3) is 3.05. The Bertz CT molecular complexity index is 594. The van der Waals surface area contributed by atoms with Gasteiger partial charge in [-0.1, -0.05) is 0 Å². The summed E-state index contributed by atoms with van der Waals surface area (Å²) in [4.78, 5) is 11.7. The van der Waals surface area contributed by atoms with Crippen LogP contribution in [-0.2, 0) is 6.18 Å². The van der Waals surface area contributed by atoms with Gasteiger partial charge in [0.25, 0.3) is 5.91 Å². The summed E-state index contributed by atoms with van der Waals surface area (Å²) >= 11 is 1.29. The summed E-state index contributed by atoms with van der Waals surface area (Å²) in [5.74, 6) is -0.587. The smallest absolute Gasteiger partial charge is 0.399 e. The Hall–Kier alpha value is -2.02. The molecule has 0 fully saturated rings. The van der Waals surface area contributed by atoms with E-state index in [9.17, 15) is 18.0 Å². The summed E-state index contributed by atoms with van der Waals surface area (Å²) < 4.78 is 38.4. The van der Waals surface area contributed by atoms with Crippen molar-refractivity contribution >= 4 is 28.6 Å². The molecule has 0 aliphatic carbocycles. The molecule has 1 amide bonds. The normalized spacial score (nSPS) is 11.3. The van der Waals surface area contributed by atoms with Crippen LogP contribution < -0.4 is 11.1 Å². The van der Waals surface area contributed by atoms with Crippen LogP contribution in [0.3, 0.4) is 0 Å². The Morgan fingerprint density at radius 1 is 1.26 bits per heavy atom. The second kappa shape index (κ2) is 4.93. The highest BCUT2D eigenvalue weighted by atomic mass is 32.1. The molecule has 100 valence electrons. The Morgan fingerprint density at radius 2 is 2.00 bits per heavy atom. The Labute approximate surface area is 110 Å². The molecule has 0 saturated carbocycles. The van der Waals surface area contributed by atoms with Gasteiger partial charge in [0.15, 0.2) is 0 Å². The van der Waals surface area contributed by atoms with Gasteiger partial charge in [-0.15, -0.1) is 0 Å². The molecule has 1 aromatic carbocycles. The van der Waals surface area contributed by atoms with Crippen molar-refractivity contribution in [1.29, 1.82) is 0 Å². The fourth-order valence-corrected chi connectivity index (χ4v) is 2.13. The van der Waals surface area contributed by atoms with Gasteiger partial charge in [0, 0.05) is 11.1 Å². The molecule has 1 aromatic heterocycles. The number of nitrogens with one attached hydrogen (secondary N) is 1. The van der Waals surface area contributed by atoms with E-state index in [1.165, 1.54) is 23.5 Å². The van der Waals surface area contributed by atoms with Gasteiger partial charge in [-0.3, -0.25) is 4.79 Å². The SMILES string of the molecule is Nc1ccc(NC(=O)c2ccsc2)c(C(F)(F)F)c1. The van der Waals surface area contributed by atoms with Crippen molar-refractivity contribution in [3.8, 4) is 0 Å². The zero-order valence-electron chi connectivity index (χ0n) is 9.49. The average Bonchev–Trinajstić information content (AvgIpc) is 2.83. The predicted molar refractivity (Wildman–Crippen MR) is 68.1 cm³/mol. The summed E-state index contributed by atoms with van der Waals surface area (Å²) in [5.41, 5.74) is 4.37. The number of amides is 1. The number of nitrogen functional groups attached to an aromatic ring is 1. The number of rotatable bonds is 2. The molecule has 0 atom stereocenters. The highest BCUT2D eigenvalue weighted by Gasteiger charge is 2.34. The van der Waals surface area contributed by atoms with Gasteiger partial charge in [-0.25, -0.2) is 0 Å². The van der Waals surface area contributed by atoms with Gasteiger partial charge in [-0.2, -0.15) is 24.5 Å². The monoisotopic (exact) mass is 286 g/mol. The molecule has 3 nitrogen and oxygen atoms in total. The van der Waals surface area contributed by atoms with E-state index in [1.807, 2.05) is 0 Å². The number of benzene rings is 1. The minimum Gasteiger partial charge on any atom is -0.399 e. The molecule has 0 aliphatic rings. The third-order valence-electron chi connectivity index (χ3n) is 2.38. The molecular weight excluding hydrogens is 277 g/mol. The van der Waals surface area contributed by atoms with Crippen molar-refractivity contribution in [2.75, 3.05) is 11.1 Å². The average molecular weight is 286 g/mol. The van der Waals surface area contributed by atoms with Crippen LogP contribution in [0.4, 0.5) is 24.5 Å². The van der Waals surface area contributed by atoms with E-state index in [1.54, 1.807) is 10.8 Å². The maximum Gasteiger partial charge on any atom is 0.418 e. The highest BCUT2D eigenvalue weighted by molar-refractivity contribution is 7.08. The Morgan fingerprint density at radius 3 is 2.58 bits per heavy atom. The number of anilines is 2. The summed E-state index contributed by atoms with van der Waals surface area (Å²) in [6.07, 6.45) is -4.58. The van der Waals surface area contributed by atoms with Gasteiger partial charge in [0.2, 0.25) is 0 Å². The number of halogens is 3. The molecule has 19 heavy (non-hydrogen) atoms. The fraction of sp³-hybridized carbons (Fsp3) is 0.0833. The van der Waals surface area contributed by atoms with Gasteiger partial charge in [0.1, 0.15) is 0 Å². The fourth-order valence-electron chi connectivity index (χ4n) is 1.49. The lowest BCUT2D eigenvalue weighted by Crippen LogP contribution is -2.16. The Kier molecular flexibility index (Phi) is 3.48. The minimum atomic E-state index is -4.58. The van der Waals surface area contributed by atoms with Crippen molar-refractivity contribution in [1.82, 2.24) is 0 Å². The van der Waals surface area contributed by atoms with Crippen LogP contribution in [0.5, 0.6) is 0 Å². The van der Waals surface area contributed by atoms with Gasteiger partial charge in [0.05, 0.1) is 16.8 Å². The van der Waals surface area contributed by atoms with Crippen molar-refractivity contribution in [2.24, 2.45) is 0 Å². The number of carbonyl (C=O) groups excluding carboxylic acids is 1. The molecule has 7 heteroatoms. The van der Waals surface area contributed by atoms with Crippen LogP contribution in [0.1, 0.15) is 15.9 Å². The number of carbonyl (C=O) groups is 1. The van der Waals surface area contributed by atoms with Crippen LogP contribution >= 0.6 is 11.3 Å². The molecule has 1 heterocycles. The molecule has 0 aliphatic heterocycles. The zero-order valence-corrected chi connectivity index (χ0v) is 10.3. The van der Waals surface area contributed by atoms with Crippen LogP contribution in [0.15, 0.2) is 35.0 Å². The summed E-state index contributed by atoms with van der Waals surface area (Å²) in [7, 11) is 0. The molecule has 2 aromatic rings. The van der Waals surface area contributed by atoms with Crippen molar-refractivity contribution in [3.63, 3.8) is 0 Å². The first-order valence-electron chi connectivity index (χ1n) is 5.18. The van der Waals surface area contributed by atoms with E-state index in [2.05, 4.69) is 5.32 Å². The maximum absolute atomic E-state index is 12.8. The van der Waals surface area contributed by atoms with Gasteiger partial charge in [-0.05, 0) is 29.6 Å². The van der Waals surface area contributed by atoms with Gasteiger partial charge >= 0.3 is 6.18 Å². The first-order chi connectivity index (χ1) is 8.88. The molecule has 0 saturated heterocycles. The second-order valence-electron chi connectivity index (χ2n) is 3.77. The topological polar surface area (TPSA) is 55.1 Å². The van der Waals surface area contributed by atoms with E-state index in [0.717, 1.165) is 12.1 Å². The van der Waals surface area contributed by atoms with E-state index in [4.69, 9.17) is 5.73 Å². The van der Waals surface area contributed by atoms with E-state index in [0.29, 0.717) is 5.56 Å². The van der Waals surface area contributed by atoms with E-state index < -0.39 is 17.6 Å². The largest absolute Gasteiger partial charge is 0.418 e. The lowest BCUT2D eigenvalue weighted by molar-refractivity contribution is -0.136. The Balaban J connectivity index is 2.33. The van der Waals surface area contributed by atoms with E-state index >= 15 is 0 Å². The number of alkyl halides is 3. The molecule has 0 spiro atoms. The number of thiophene rings is 1. The van der Waals surface area contributed by atoms with Gasteiger partial charge < -0.3 is 11.1 Å². The molecular formula is C12H9F3N2OS. The van der Waals surface area contributed by atoms with Crippen LogP contribution in [0.25, 0.3) is 0 Å². The van der Waals surface area contributed by atoms with Crippen molar-refractivity contribution in [2.45, 2.75) is 6.18 Å². The third-order valence-corrected chi connectivity index (χ3v) is 3.06. The van der Waals surface area contributed by atoms with Crippen molar-refractivity contribution in [3.05, 3.63) is 46.2 Å². The maximum atomic E-state index is 12.8. The molecule has 0 radical (unpaired) electrons. The lowest BCUT2D eigenvalue weighted by atomic mass is 10.1. The summed E-state index contributed by atoms with van der Waals surface area (Å²) in [6, 6.07) is 4.77. The molecule has 0 bridgehead atoms. The number of hydrogen-bond donors (Lipinski definition) is 2. The molecule has 3 N–H and O–H groups in total. The molecule has 2 rings (SSSR count). The standard InChI is InChI=1S/C12H9F3N2OS/c13-12(14,15)9-5-8(16)1-2-10(9)17-11(18)7-3-4-19-6-7/h1-6H,16H2,(H,17,18).